The van der Waals surface area contributed by atoms with E-state index < -0.39 is 26.8 Å². The molecule has 16 heavy (non-hydrogen) atoms. The summed E-state index contributed by atoms with van der Waals surface area (Å²) in [5.41, 5.74) is -1.48. The monoisotopic (exact) mass is 251 g/mol. The van der Waals surface area contributed by atoms with E-state index in [0.717, 1.165) is 0 Å². The van der Waals surface area contributed by atoms with Crippen LogP contribution in [0.5, 0.6) is 0 Å². The molecule has 0 saturated carbocycles. The SMILES string of the molecule is CC(C)(NS(=O)(=O)C1CCOCC1)C(=O)O. The third-order valence-corrected chi connectivity index (χ3v) is 4.68. The molecule has 0 spiro atoms. The number of aliphatic carboxylic acids is 1. The summed E-state index contributed by atoms with van der Waals surface area (Å²) in [5.74, 6) is -1.19. The molecule has 0 amide bonds. The number of carboxylic acid groups (broad SMARTS) is 1. The molecule has 0 aromatic rings. The molecule has 6 nitrogen and oxygen atoms in total. The lowest BCUT2D eigenvalue weighted by Gasteiger charge is -2.27. The van der Waals surface area contributed by atoms with Gasteiger partial charge in [-0.05, 0) is 26.7 Å². The van der Waals surface area contributed by atoms with Crippen molar-refractivity contribution in [1.82, 2.24) is 4.72 Å². The second-order valence-electron chi connectivity index (χ2n) is 4.39. The summed E-state index contributed by atoms with van der Waals surface area (Å²) < 4.78 is 31.0. The van der Waals surface area contributed by atoms with Crippen LogP contribution < -0.4 is 4.72 Å². The quantitative estimate of drug-likeness (QED) is 0.730. The molecule has 0 aromatic carbocycles. The van der Waals surface area contributed by atoms with Gasteiger partial charge in [0, 0.05) is 13.2 Å². The fourth-order valence-corrected chi connectivity index (χ4v) is 3.25. The van der Waals surface area contributed by atoms with Crippen LogP contribution in [-0.2, 0) is 19.6 Å². The van der Waals surface area contributed by atoms with E-state index in [1.165, 1.54) is 13.8 Å². The molecule has 0 radical (unpaired) electrons. The molecule has 7 heteroatoms. The number of sulfonamides is 1. The van der Waals surface area contributed by atoms with Crippen LogP contribution in [0.3, 0.4) is 0 Å². The minimum atomic E-state index is -3.60. The molecular formula is C9H17NO5S. The van der Waals surface area contributed by atoms with Gasteiger partial charge in [-0.3, -0.25) is 4.79 Å². The van der Waals surface area contributed by atoms with E-state index in [9.17, 15) is 13.2 Å². The van der Waals surface area contributed by atoms with Crippen molar-refractivity contribution in [1.29, 1.82) is 0 Å². The highest BCUT2D eigenvalue weighted by Crippen LogP contribution is 2.17. The van der Waals surface area contributed by atoms with Gasteiger partial charge in [-0.25, -0.2) is 8.42 Å². The highest BCUT2D eigenvalue weighted by Gasteiger charge is 2.36. The Labute approximate surface area is 95.0 Å². The summed E-state index contributed by atoms with van der Waals surface area (Å²) in [7, 11) is -3.60. The molecule has 1 aliphatic heterocycles. The van der Waals surface area contributed by atoms with Crippen molar-refractivity contribution in [3.8, 4) is 0 Å². The zero-order chi connectivity index (χ0) is 12.4. The van der Waals surface area contributed by atoms with E-state index in [0.29, 0.717) is 26.1 Å². The molecule has 0 unspecified atom stereocenters. The standard InChI is InChI=1S/C9H17NO5S/c1-9(2,8(11)12)10-16(13,14)7-3-5-15-6-4-7/h7,10H,3-6H2,1-2H3,(H,11,12). The zero-order valence-electron chi connectivity index (χ0n) is 9.39. The Kier molecular flexibility index (Phi) is 3.92. The van der Waals surface area contributed by atoms with E-state index in [-0.39, 0.29) is 0 Å². The number of carbonyl (C=O) groups is 1. The zero-order valence-corrected chi connectivity index (χ0v) is 10.2. The fraction of sp³-hybridized carbons (Fsp3) is 0.889. The second-order valence-corrected chi connectivity index (χ2v) is 6.35. The number of hydrogen-bond acceptors (Lipinski definition) is 4. The van der Waals surface area contributed by atoms with E-state index in [2.05, 4.69) is 4.72 Å². The lowest BCUT2D eigenvalue weighted by molar-refractivity contribution is -0.142. The Morgan fingerprint density at radius 2 is 1.88 bits per heavy atom. The third-order valence-electron chi connectivity index (χ3n) is 2.54. The summed E-state index contributed by atoms with van der Waals surface area (Å²) in [6.45, 7) is 3.45. The molecule has 1 heterocycles. The Morgan fingerprint density at radius 3 is 2.31 bits per heavy atom. The third kappa shape index (κ3) is 3.16. The van der Waals surface area contributed by atoms with Crippen LogP contribution in [-0.4, -0.2) is 43.5 Å². The van der Waals surface area contributed by atoms with E-state index in [1.54, 1.807) is 0 Å². The van der Waals surface area contributed by atoms with Gasteiger partial charge in [0.05, 0.1) is 5.25 Å². The number of nitrogens with one attached hydrogen (secondary N) is 1. The summed E-state index contributed by atoms with van der Waals surface area (Å²) in [6.07, 6.45) is 0.816. The minimum absolute atomic E-state index is 0.402. The van der Waals surface area contributed by atoms with Gasteiger partial charge in [0.15, 0.2) is 0 Å². The van der Waals surface area contributed by atoms with Gasteiger partial charge in [0.1, 0.15) is 5.54 Å². The normalized spacial score (nSPS) is 19.6. The summed E-state index contributed by atoms with van der Waals surface area (Å²) >= 11 is 0. The van der Waals surface area contributed by atoms with Gasteiger partial charge in [-0.2, -0.15) is 4.72 Å². The molecule has 0 aliphatic carbocycles. The van der Waals surface area contributed by atoms with Crippen LogP contribution >= 0.6 is 0 Å². The highest BCUT2D eigenvalue weighted by molar-refractivity contribution is 7.90. The molecule has 0 atom stereocenters. The maximum absolute atomic E-state index is 11.9. The predicted molar refractivity (Wildman–Crippen MR) is 57.6 cm³/mol. The molecule has 1 saturated heterocycles. The van der Waals surface area contributed by atoms with Gasteiger partial charge in [0.2, 0.25) is 10.0 Å². The van der Waals surface area contributed by atoms with E-state index >= 15 is 0 Å². The Morgan fingerprint density at radius 1 is 1.38 bits per heavy atom. The van der Waals surface area contributed by atoms with Crippen LogP contribution in [0.2, 0.25) is 0 Å². The lowest BCUT2D eigenvalue weighted by Crippen LogP contribution is -2.53. The average molecular weight is 251 g/mol. The number of ether oxygens (including phenoxy) is 1. The maximum Gasteiger partial charge on any atom is 0.324 e. The first-order chi connectivity index (χ1) is 7.26. The van der Waals surface area contributed by atoms with Gasteiger partial charge >= 0.3 is 5.97 Å². The molecule has 0 aromatic heterocycles. The molecule has 1 aliphatic rings. The van der Waals surface area contributed by atoms with Crippen molar-refractivity contribution in [3.05, 3.63) is 0 Å². The Hall–Kier alpha value is -0.660. The van der Waals surface area contributed by atoms with Crippen LogP contribution in [0.4, 0.5) is 0 Å². The highest BCUT2D eigenvalue weighted by atomic mass is 32.2. The molecule has 1 fully saturated rings. The van der Waals surface area contributed by atoms with Crippen LogP contribution in [0.15, 0.2) is 0 Å². The van der Waals surface area contributed by atoms with Crippen LogP contribution in [0.1, 0.15) is 26.7 Å². The Balaban J connectivity index is 2.74. The van der Waals surface area contributed by atoms with Crippen LogP contribution in [0.25, 0.3) is 0 Å². The topological polar surface area (TPSA) is 92.7 Å². The molecular weight excluding hydrogens is 234 g/mol. The first kappa shape index (κ1) is 13.4. The van der Waals surface area contributed by atoms with E-state index in [4.69, 9.17) is 9.84 Å². The molecule has 1 rings (SSSR count). The first-order valence-electron chi connectivity index (χ1n) is 5.09. The summed E-state index contributed by atoms with van der Waals surface area (Å²) in [6, 6.07) is 0. The van der Waals surface area contributed by atoms with Crippen molar-refractivity contribution >= 4 is 16.0 Å². The van der Waals surface area contributed by atoms with Gasteiger partial charge in [-0.15, -0.1) is 0 Å². The second kappa shape index (κ2) is 4.68. The molecule has 94 valence electrons. The van der Waals surface area contributed by atoms with Crippen LogP contribution in [0, 0.1) is 0 Å². The number of hydrogen-bond donors (Lipinski definition) is 2. The van der Waals surface area contributed by atoms with Crippen molar-refractivity contribution < 1.29 is 23.1 Å². The molecule has 0 bridgehead atoms. The van der Waals surface area contributed by atoms with Gasteiger partial charge in [0.25, 0.3) is 0 Å². The predicted octanol–water partition coefficient (Wildman–Crippen LogP) is -0.0520. The lowest BCUT2D eigenvalue weighted by atomic mass is 10.1. The minimum Gasteiger partial charge on any atom is -0.480 e. The van der Waals surface area contributed by atoms with Gasteiger partial charge in [-0.1, -0.05) is 0 Å². The summed E-state index contributed by atoms with van der Waals surface area (Å²) in [5, 5.41) is 8.30. The number of rotatable bonds is 4. The largest absolute Gasteiger partial charge is 0.480 e. The van der Waals surface area contributed by atoms with Gasteiger partial charge < -0.3 is 9.84 Å². The van der Waals surface area contributed by atoms with Crippen molar-refractivity contribution in [2.24, 2.45) is 0 Å². The summed E-state index contributed by atoms with van der Waals surface area (Å²) in [4.78, 5) is 10.8. The average Bonchev–Trinajstić information content (AvgIpc) is 2.17. The van der Waals surface area contributed by atoms with E-state index in [1.807, 2.05) is 0 Å². The molecule has 2 N–H and O–H groups in total. The Bertz CT molecular complexity index is 356. The van der Waals surface area contributed by atoms with Crippen molar-refractivity contribution in [3.63, 3.8) is 0 Å². The first-order valence-corrected chi connectivity index (χ1v) is 6.64. The van der Waals surface area contributed by atoms with Crippen molar-refractivity contribution in [2.45, 2.75) is 37.5 Å². The maximum atomic E-state index is 11.9. The number of carboxylic acids is 1. The van der Waals surface area contributed by atoms with Crippen molar-refractivity contribution in [2.75, 3.05) is 13.2 Å². The smallest absolute Gasteiger partial charge is 0.324 e. The fourth-order valence-electron chi connectivity index (χ4n) is 1.47.